The predicted molar refractivity (Wildman–Crippen MR) is 97.1 cm³/mol. The zero-order valence-electron chi connectivity index (χ0n) is 14.5. The van der Waals surface area contributed by atoms with E-state index in [4.69, 9.17) is 4.74 Å². The number of rotatable bonds is 9. The lowest BCUT2D eigenvalue weighted by Crippen LogP contribution is -2.38. The summed E-state index contributed by atoms with van der Waals surface area (Å²) < 4.78 is 18.4. The molecule has 132 valence electrons. The molecule has 0 spiro atoms. The monoisotopic (exact) mass is 334 g/mol. The summed E-state index contributed by atoms with van der Waals surface area (Å²) in [5.41, 5.74) is 2.07. The van der Waals surface area contributed by atoms with Crippen molar-refractivity contribution in [2.45, 2.75) is 25.7 Å². The van der Waals surface area contributed by atoms with Gasteiger partial charge in [0.05, 0.1) is 0 Å². The maximum absolute atomic E-state index is 13.4. The number of fused-ring (bicyclic) bond motifs is 1. The molecule has 2 aromatic rings. The van der Waals surface area contributed by atoms with Crippen LogP contribution in [0.3, 0.4) is 0 Å². The van der Waals surface area contributed by atoms with Gasteiger partial charge >= 0.3 is 0 Å². The molecule has 0 radical (unpaired) electrons. The largest absolute Gasteiger partial charge is 0.385 e. The van der Waals surface area contributed by atoms with Crippen LogP contribution in [0.15, 0.2) is 29.4 Å². The van der Waals surface area contributed by atoms with E-state index in [2.05, 4.69) is 20.6 Å². The van der Waals surface area contributed by atoms with E-state index in [0.717, 1.165) is 67.8 Å². The molecule has 0 amide bonds. The molecule has 1 heterocycles. The van der Waals surface area contributed by atoms with Gasteiger partial charge in [0, 0.05) is 51.0 Å². The van der Waals surface area contributed by atoms with Gasteiger partial charge in [-0.05, 0) is 49.4 Å². The Hall–Kier alpha value is -2.08. The molecule has 5 nitrogen and oxygen atoms in total. The normalized spacial score (nSPS) is 11.9. The smallest absolute Gasteiger partial charge is 0.190 e. The molecule has 0 atom stereocenters. The fraction of sp³-hybridized carbons (Fsp3) is 0.500. The second kappa shape index (κ2) is 9.93. The fourth-order valence-electron chi connectivity index (χ4n) is 2.65. The minimum Gasteiger partial charge on any atom is -0.385 e. The molecule has 3 N–H and O–H groups in total. The van der Waals surface area contributed by atoms with Crippen LogP contribution in [0.5, 0.6) is 0 Å². The van der Waals surface area contributed by atoms with Crippen molar-refractivity contribution in [2.75, 3.05) is 33.9 Å². The first-order valence-electron chi connectivity index (χ1n) is 8.43. The van der Waals surface area contributed by atoms with Gasteiger partial charge < -0.3 is 20.4 Å². The SMILES string of the molecule is CN=C(NCCCCCOC)NCCc1c[nH]c2ccc(F)cc12. The first kappa shape index (κ1) is 18.3. The quantitative estimate of drug-likeness (QED) is 0.375. The first-order chi connectivity index (χ1) is 11.7. The van der Waals surface area contributed by atoms with Crippen molar-refractivity contribution < 1.29 is 9.13 Å². The number of ether oxygens (including phenoxy) is 1. The van der Waals surface area contributed by atoms with Crippen LogP contribution in [0.25, 0.3) is 10.9 Å². The number of aromatic nitrogens is 1. The number of benzene rings is 1. The molecule has 0 aliphatic rings. The van der Waals surface area contributed by atoms with Crippen molar-refractivity contribution >= 4 is 16.9 Å². The number of nitrogens with one attached hydrogen (secondary N) is 3. The molecule has 0 aliphatic heterocycles. The second-order valence-corrected chi connectivity index (χ2v) is 5.73. The Balaban J connectivity index is 1.72. The van der Waals surface area contributed by atoms with Gasteiger partial charge in [0.2, 0.25) is 0 Å². The van der Waals surface area contributed by atoms with E-state index >= 15 is 0 Å². The summed E-state index contributed by atoms with van der Waals surface area (Å²) in [6.45, 7) is 2.45. The van der Waals surface area contributed by atoms with E-state index < -0.39 is 0 Å². The summed E-state index contributed by atoms with van der Waals surface area (Å²) in [5, 5.41) is 7.54. The third kappa shape index (κ3) is 5.53. The Bertz CT molecular complexity index is 654. The third-order valence-corrected chi connectivity index (χ3v) is 3.96. The molecular weight excluding hydrogens is 307 g/mol. The molecule has 0 bridgehead atoms. The van der Waals surface area contributed by atoms with Crippen LogP contribution >= 0.6 is 0 Å². The number of hydrogen-bond acceptors (Lipinski definition) is 2. The Morgan fingerprint density at radius 1 is 1.21 bits per heavy atom. The minimum atomic E-state index is -0.206. The molecule has 24 heavy (non-hydrogen) atoms. The van der Waals surface area contributed by atoms with Crippen LogP contribution in [-0.4, -0.2) is 44.8 Å². The van der Waals surface area contributed by atoms with Gasteiger partial charge in [0.15, 0.2) is 5.96 Å². The number of guanidine groups is 1. The molecule has 1 aromatic heterocycles. The van der Waals surface area contributed by atoms with Crippen LogP contribution in [0.1, 0.15) is 24.8 Å². The lowest BCUT2D eigenvalue weighted by atomic mass is 10.1. The molecule has 0 saturated heterocycles. The van der Waals surface area contributed by atoms with Gasteiger partial charge in [0.1, 0.15) is 5.82 Å². The Labute approximate surface area is 142 Å². The number of nitrogens with zero attached hydrogens (tertiary/aromatic N) is 1. The molecular formula is C18H27FN4O. The number of halogens is 1. The number of hydrogen-bond donors (Lipinski definition) is 3. The summed E-state index contributed by atoms with van der Waals surface area (Å²) in [6, 6.07) is 4.82. The highest BCUT2D eigenvalue weighted by Gasteiger charge is 2.05. The van der Waals surface area contributed by atoms with E-state index in [-0.39, 0.29) is 5.82 Å². The topological polar surface area (TPSA) is 61.4 Å². The average molecular weight is 334 g/mol. The molecule has 0 saturated carbocycles. The van der Waals surface area contributed by atoms with E-state index in [1.54, 1.807) is 26.3 Å². The Kier molecular flexibility index (Phi) is 7.55. The van der Waals surface area contributed by atoms with Crippen molar-refractivity contribution in [3.8, 4) is 0 Å². The van der Waals surface area contributed by atoms with Crippen molar-refractivity contribution in [3.63, 3.8) is 0 Å². The Morgan fingerprint density at radius 2 is 2.04 bits per heavy atom. The van der Waals surface area contributed by atoms with E-state index in [9.17, 15) is 4.39 Å². The maximum atomic E-state index is 13.4. The van der Waals surface area contributed by atoms with Crippen LogP contribution in [0.2, 0.25) is 0 Å². The van der Waals surface area contributed by atoms with E-state index in [1.165, 1.54) is 6.07 Å². The number of aromatic amines is 1. The van der Waals surface area contributed by atoms with Crippen LogP contribution in [0.4, 0.5) is 4.39 Å². The van der Waals surface area contributed by atoms with Crippen molar-refractivity contribution in [2.24, 2.45) is 4.99 Å². The zero-order valence-corrected chi connectivity index (χ0v) is 14.5. The summed E-state index contributed by atoms with van der Waals surface area (Å²) >= 11 is 0. The fourth-order valence-corrected chi connectivity index (χ4v) is 2.65. The zero-order chi connectivity index (χ0) is 17.2. The van der Waals surface area contributed by atoms with Gasteiger partial charge in [-0.25, -0.2) is 4.39 Å². The molecule has 0 fully saturated rings. The molecule has 0 aliphatic carbocycles. The molecule has 6 heteroatoms. The summed E-state index contributed by atoms with van der Waals surface area (Å²) in [7, 11) is 3.49. The van der Waals surface area contributed by atoms with E-state index in [1.807, 2.05) is 6.20 Å². The highest BCUT2D eigenvalue weighted by atomic mass is 19.1. The highest BCUT2D eigenvalue weighted by Crippen LogP contribution is 2.19. The summed E-state index contributed by atoms with van der Waals surface area (Å²) in [6.07, 6.45) is 6.06. The number of unbranched alkanes of at least 4 members (excludes halogenated alkanes) is 2. The highest BCUT2D eigenvalue weighted by molar-refractivity contribution is 5.83. The van der Waals surface area contributed by atoms with Gasteiger partial charge in [-0.1, -0.05) is 0 Å². The standard InChI is InChI=1S/C18H27FN4O/c1-20-18(21-9-4-3-5-11-24-2)22-10-8-14-13-23-17-7-6-15(19)12-16(14)17/h6-7,12-13,23H,3-5,8-11H2,1-2H3,(H2,20,21,22). The lowest BCUT2D eigenvalue weighted by molar-refractivity contribution is 0.192. The van der Waals surface area contributed by atoms with Gasteiger partial charge in [0.25, 0.3) is 0 Å². The second-order valence-electron chi connectivity index (χ2n) is 5.73. The predicted octanol–water partition coefficient (Wildman–Crippen LogP) is 2.83. The molecule has 2 rings (SSSR count). The third-order valence-electron chi connectivity index (χ3n) is 3.96. The van der Waals surface area contributed by atoms with Gasteiger partial charge in [-0.2, -0.15) is 0 Å². The number of methoxy groups -OCH3 is 1. The number of H-pyrrole nitrogens is 1. The molecule has 0 unspecified atom stereocenters. The average Bonchev–Trinajstić information content (AvgIpc) is 2.98. The van der Waals surface area contributed by atoms with Gasteiger partial charge in [-0.3, -0.25) is 4.99 Å². The van der Waals surface area contributed by atoms with Crippen molar-refractivity contribution in [1.82, 2.24) is 15.6 Å². The maximum Gasteiger partial charge on any atom is 0.190 e. The lowest BCUT2D eigenvalue weighted by Gasteiger charge is -2.11. The minimum absolute atomic E-state index is 0.206. The van der Waals surface area contributed by atoms with Crippen molar-refractivity contribution in [3.05, 3.63) is 35.8 Å². The summed E-state index contributed by atoms with van der Waals surface area (Å²) in [5.74, 6) is 0.593. The van der Waals surface area contributed by atoms with Crippen LogP contribution in [0, 0.1) is 5.82 Å². The Morgan fingerprint density at radius 3 is 2.83 bits per heavy atom. The number of aliphatic imine (C=N–C) groups is 1. The van der Waals surface area contributed by atoms with Crippen molar-refractivity contribution in [1.29, 1.82) is 0 Å². The van der Waals surface area contributed by atoms with Crippen LogP contribution in [-0.2, 0) is 11.2 Å². The first-order valence-corrected chi connectivity index (χ1v) is 8.43. The molecule has 1 aromatic carbocycles. The summed E-state index contributed by atoms with van der Waals surface area (Å²) in [4.78, 5) is 7.39. The van der Waals surface area contributed by atoms with E-state index in [0.29, 0.717) is 0 Å². The van der Waals surface area contributed by atoms with Crippen LogP contribution < -0.4 is 10.6 Å². The van der Waals surface area contributed by atoms with Gasteiger partial charge in [-0.15, -0.1) is 0 Å².